The van der Waals surface area contributed by atoms with E-state index in [1.165, 1.54) is 10.4 Å². The van der Waals surface area contributed by atoms with Crippen LogP contribution < -0.4 is 15.1 Å². The molecule has 180 valence electrons. The molecule has 3 aromatic rings. The van der Waals surface area contributed by atoms with Crippen molar-refractivity contribution >= 4 is 18.7 Å². The topological polar surface area (TPSA) is 36.9 Å². The maximum Gasteiger partial charge on any atom is 0.261 e. The third-order valence-corrected chi connectivity index (χ3v) is 11.8. The molecule has 3 aromatic carbocycles. The summed E-state index contributed by atoms with van der Waals surface area (Å²) in [6.07, 6.45) is 0.395. The summed E-state index contributed by atoms with van der Waals surface area (Å²) in [6, 6.07) is 29.3. The first-order valence-corrected chi connectivity index (χ1v) is 13.9. The quantitative estimate of drug-likeness (QED) is 0.404. The molecular formula is C29H36O4Si. The van der Waals surface area contributed by atoms with Crippen LogP contribution in [0.3, 0.4) is 0 Å². The van der Waals surface area contributed by atoms with Gasteiger partial charge in [0.25, 0.3) is 8.32 Å². The van der Waals surface area contributed by atoms with E-state index in [0.29, 0.717) is 13.2 Å². The zero-order chi connectivity index (χ0) is 24.2. The lowest BCUT2D eigenvalue weighted by Gasteiger charge is -2.44. The lowest BCUT2D eigenvalue weighted by molar-refractivity contribution is -0.106. The molecule has 0 amide bonds. The Kier molecular flexibility index (Phi) is 7.29. The predicted molar refractivity (Wildman–Crippen MR) is 139 cm³/mol. The van der Waals surface area contributed by atoms with Crippen molar-refractivity contribution in [3.05, 3.63) is 90.5 Å². The van der Waals surface area contributed by atoms with Gasteiger partial charge in [0.1, 0.15) is 11.4 Å². The highest BCUT2D eigenvalue weighted by atomic mass is 28.4. The molecule has 0 spiro atoms. The van der Waals surface area contributed by atoms with Crippen molar-refractivity contribution in [3.63, 3.8) is 0 Å². The smallest absolute Gasteiger partial charge is 0.261 e. The van der Waals surface area contributed by atoms with Crippen molar-refractivity contribution < 1.29 is 18.6 Å². The van der Waals surface area contributed by atoms with Crippen LogP contribution in [0.5, 0.6) is 5.75 Å². The first kappa shape index (κ1) is 24.7. The average molecular weight is 477 g/mol. The molecule has 1 saturated heterocycles. The molecule has 1 unspecified atom stereocenters. The Bertz CT molecular complexity index is 1010. The van der Waals surface area contributed by atoms with E-state index in [9.17, 15) is 0 Å². The number of hydrogen-bond donors (Lipinski definition) is 0. The normalized spacial score (nSPS) is 20.9. The van der Waals surface area contributed by atoms with Crippen LogP contribution in [0.25, 0.3) is 0 Å². The molecule has 4 nitrogen and oxygen atoms in total. The molecule has 1 heterocycles. The van der Waals surface area contributed by atoms with Crippen molar-refractivity contribution in [2.24, 2.45) is 0 Å². The summed E-state index contributed by atoms with van der Waals surface area (Å²) in [5.74, 6) is 0.818. The third-order valence-electron chi connectivity index (χ3n) is 6.86. The molecule has 1 aliphatic rings. The number of rotatable bonds is 8. The Labute approximate surface area is 205 Å². The minimum Gasteiger partial charge on any atom is -0.497 e. The maximum absolute atomic E-state index is 7.18. The summed E-state index contributed by atoms with van der Waals surface area (Å²) in [7, 11) is -0.977. The van der Waals surface area contributed by atoms with E-state index in [4.69, 9.17) is 18.6 Å². The fraction of sp³-hybridized carbons (Fsp3) is 0.379. The van der Waals surface area contributed by atoms with E-state index in [-0.39, 0.29) is 5.04 Å². The Balaban J connectivity index is 1.65. The van der Waals surface area contributed by atoms with Crippen LogP contribution in [0.15, 0.2) is 84.9 Å². The van der Waals surface area contributed by atoms with Crippen LogP contribution in [0.1, 0.15) is 46.0 Å². The van der Waals surface area contributed by atoms with Gasteiger partial charge >= 0.3 is 0 Å². The van der Waals surface area contributed by atoms with E-state index in [1.807, 2.05) is 24.3 Å². The van der Waals surface area contributed by atoms with E-state index in [0.717, 1.165) is 17.7 Å². The van der Waals surface area contributed by atoms with Gasteiger partial charge in [-0.2, -0.15) is 0 Å². The van der Waals surface area contributed by atoms with E-state index in [2.05, 4.69) is 88.4 Å². The molecule has 0 bridgehead atoms. The minimum absolute atomic E-state index is 0.0838. The highest BCUT2D eigenvalue weighted by Crippen LogP contribution is 2.40. The molecule has 0 radical (unpaired) electrons. The van der Waals surface area contributed by atoms with Crippen molar-refractivity contribution in [1.82, 2.24) is 0 Å². The monoisotopic (exact) mass is 476 g/mol. The van der Waals surface area contributed by atoms with Gasteiger partial charge in [0.2, 0.25) is 0 Å². The summed E-state index contributed by atoms with van der Waals surface area (Å²) in [6.45, 7) is 10.0. The summed E-state index contributed by atoms with van der Waals surface area (Å²) in [5.41, 5.74) is 0.485. The van der Waals surface area contributed by atoms with Crippen LogP contribution in [-0.4, -0.2) is 34.2 Å². The molecule has 4 rings (SSSR count). The molecule has 0 aromatic heterocycles. The standard InChI is InChI=1S/C29H36O4Si/c1-6-29(21-31-27(33-29)23-17-19-24(30-5)20-18-23)22-32-34(28(2,3)4,25-13-9-7-10-14-25)26-15-11-8-12-16-26/h7-20,27H,6,21-22H2,1-5H3/t27?,29-/m1/s1. The number of hydrogen-bond acceptors (Lipinski definition) is 4. The molecule has 0 N–H and O–H groups in total. The second kappa shape index (κ2) is 10.0. The van der Waals surface area contributed by atoms with Gasteiger partial charge in [-0.05, 0) is 34.0 Å². The molecule has 5 heteroatoms. The summed E-state index contributed by atoms with van der Waals surface area (Å²) in [4.78, 5) is 0. The molecule has 0 saturated carbocycles. The molecular weight excluding hydrogens is 440 g/mol. The molecule has 34 heavy (non-hydrogen) atoms. The Morgan fingerprint density at radius 1 is 0.882 bits per heavy atom. The SMILES string of the molecule is CC[C@]1(CO[Si](c2ccccc2)(c2ccccc2)C(C)(C)C)COC(c2ccc(OC)cc2)O1. The van der Waals surface area contributed by atoms with Gasteiger partial charge in [-0.1, -0.05) is 100 Å². The fourth-order valence-corrected chi connectivity index (χ4v) is 9.45. The zero-order valence-electron chi connectivity index (χ0n) is 20.9. The first-order valence-electron chi connectivity index (χ1n) is 12.0. The van der Waals surface area contributed by atoms with Crippen molar-refractivity contribution in [2.75, 3.05) is 20.3 Å². The Morgan fingerprint density at radius 2 is 1.44 bits per heavy atom. The lowest BCUT2D eigenvalue weighted by Crippen LogP contribution is -2.67. The van der Waals surface area contributed by atoms with Crippen molar-refractivity contribution in [1.29, 1.82) is 0 Å². The highest BCUT2D eigenvalue weighted by molar-refractivity contribution is 6.99. The summed E-state index contributed by atoms with van der Waals surface area (Å²) >= 11 is 0. The largest absolute Gasteiger partial charge is 0.497 e. The van der Waals surface area contributed by atoms with Gasteiger partial charge in [0.05, 0.1) is 20.3 Å². The molecule has 0 aliphatic carbocycles. The highest BCUT2D eigenvalue weighted by Gasteiger charge is 2.52. The van der Waals surface area contributed by atoms with Crippen LogP contribution >= 0.6 is 0 Å². The van der Waals surface area contributed by atoms with Crippen molar-refractivity contribution in [2.45, 2.75) is 51.0 Å². The van der Waals surface area contributed by atoms with Gasteiger partial charge < -0.3 is 18.6 Å². The van der Waals surface area contributed by atoms with Gasteiger partial charge in [0.15, 0.2) is 6.29 Å². The second-order valence-corrected chi connectivity index (χ2v) is 14.3. The van der Waals surface area contributed by atoms with E-state index < -0.39 is 20.2 Å². The zero-order valence-corrected chi connectivity index (χ0v) is 21.9. The minimum atomic E-state index is -2.65. The lowest BCUT2D eigenvalue weighted by atomic mass is 10.0. The van der Waals surface area contributed by atoms with E-state index >= 15 is 0 Å². The fourth-order valence-electron chi connectivity index (χ4n) is 4.81. The van der Waals surface area contributed by atoms with Crippen molar-refractivity contribution in [3.8, 4) is 5.75 Å². The second-order valence-electron chi connectivity index (χ2n) is 10.0. The van der Waals surface area contributed by atoms with Crippen LogP contribution in [0.2, 0.25) is 5.04 Å². The first-order chi connectivity index (χ1) is 16.3. The van der Waals surface area contributed by atoms with Gasteiger partial charge in [-0.3, -0.25) is 0 Å². The number of benzene rings is 3. The van der Waals surface area contributed by atoms with Crippen LogP contribution in [-0.2, 0) is 13.9 Å². The summed E-state index contributed by atoms with van der Waals surface area (Å²) < 4.78 is 25.2. The summed E-state index contributed by atoms with van der Waals surface area (Å²) in [5, 5.41) is 2.45. The Morgan fingerprint density at radius 3 is 1.91 bits per heavy atom. The van der Waals surface area contributed by atoms with Gasteiger partial charge in [-0.25, -0.2) is 0 Å². The third kappa shape index (κ3) is 4.71. The molecule has 1 aliphatic heterocycles. The molecule has 1 fully saturated rings. The maximum atomic E-state index is 7.18. The van der Waals surface area contributed by atoms with Gasteiger partial charge in [-0.15, -0.1) is 0 Å². The number of methoxy groups -OCH3 is 1. The van der Waals surface area contributed by atoms with E-state index in [1.54, 1.807) is 7.11 Å². The number of ether oxygens (including phenoxy) is 3. The Hall–Kier alpha value is -2.44. The molecule has 2 atom stereocenters. The van der Waals surface area contributed by atoms with Gasteiger partial charge in [0, 0.05) is 5.56 Å². The van der Waals surface area contributed by atoms with Crippen LogP contribution in [0, 0.1) is 0 Å². The average Bonchev–Trinajstić information content (AvgIpc) is 3.30. The van der Waals surface area contributed by atoms with Crippen LogP contribution in [0.4, 0.5) is 0 Å². The predicted octanol–water partition coefficient (Wildman–Crippen LogP) is 5.47.